The van der Waals surface area contributed by atoms with Crippen LogP contribution in [0.15, 0.2) is 18.2 Å². The molecule has 2 atom stereocenters. The molecule has 126 valence electrons. The van der Waals surface area contributed by atoms with E-state index in [1.165, 1.54) is 0 Å². The van der Waals surface area contributed by atoms with Crippen LogP contribution in [0.4, 0.5) is 17.6 Å². The molecule has 2 heterocycles. The molecule has 1 aromatic carbocycles. The van der Waals surface area contributed by atoms with Gasteiger partial charge in [0.15, 0.2) is 0 Å². The molecular formula is C17H19F4NO. The van der Waals surface area contributed by atoms with Crippen molar-refractivity contribution in [2.45, 2.75) is 56.8 Å². The summed E-state index contributed by atoms with van der Waals surface area (Å²) < 4.78 is 51.5. The van der Waals surface area contributed by atoms with Crippen LogP contribution in [0.2, 0.25) is 0 Å². The van der Waals surface area contributed by atoms with E-state index in [1.807, 2.05) is 0 Å². The molecule has 0 amide bonds. The normalized spacial score (nSPS) is 27.7. The smallest absolute Gasteiger partial charge is 0.311 e. The van der Waals surface area contributed by atoms with Gasteiger partial charge in [-0.2, -0.15) is 13.2 Å². The number of piperidine rings is 2. The molecule has 1 N–H and O–H groups in total. The molecule has 3 rings (SSSR count). The lowest BCUT2D eigenvalue weighted by atomic mass is 9.77. The van der Waals surface area contributed by atoms with E-state index in [0.29, 0.717) is 18.2 Å². The van der Waals surface area contributed by atoms with Crippen molar-refractivity contribution in [2.24, 2.45) is 5.92 Å². The van der Waals surface area contributed by atoms with Gasteiger partial charge in [-0.3, -0.25) is 4.79 Å². The van der Waals surface area contributed by atoms with Crippen molar-refractivity contribution in [3.63, 3.8) is 0 Å². The lowest BCUT2D eigenvalue weighted by molar-refractivity contribution is -0.137. The average molecular weight is 329 g/mol. The van der Waals surface area contributed by atoms with E-state index in [2.05, 4.69) is 5.32 Å². The monoisotopic (exact) mass is 329 g/mol. The number of carbonyl (C=O) groups is 1. The van der Waals surface area contributed by atoms with Crippen molar-refractivity contribution < 1.29 is 22.4 Å². The van der Waals surface area contributed by atoms with Crippen LogP contribution in [-0.4, -0.2) is 17.9 Å². The minimum Gasteiger partial charge on any atom is -0.311 e. The quantitative estimate of drug-likeness (QED) is 0.853. The molecule has 2 aliphatic rings. The number of hydrogen-bond donors (Lipinski definition) is 1. The molecule has 0 saturated carbocycles. The number of fused-ring (bicyclic) bond motifs is 2. The fourth-order valence-electron chi connectivity index (χ4n) is 3.73. The Morgan fingerprint density at radius 2 is 1.83 bits per heavy atom. The fourth-order valence-corrected chi connectivity index (χ4v) is 3.73. The van der Waals surface area contributed by atoms with Crippen molar-refractivity contribution in [1.82, 2.24) is 5.32 Å². The van der Waals surface area contributed by atoms with Gasteiger partial charge in [-0.15, -0.1) is 0 Å². The first-order valence-corrected chi connectivity index (χ1v) is 7.97. The number of halogens is 4. The first-order valence-electron chi connectivity index (χ1n) is 7.97. The maximum absolute atomic E-state index is 13.9. The Balaban J connectivity index is 1.68. The van der Waals surface area contributed by atoms with Crippen molar-refractivity contribution in [3.05, 3.63) is 35.1 Å². The van der Waals surface area contributed by atoms with Crippen LogP contribution in [-0.2, 0) is 17.4 Å². The van der Waals surface area contributed by atoms with Gasteiger partial charge in [0.05, 0.1) is 5.56 Å². The number of benzene rings is 1. The van der Waals surface area contributed by atoms with Crippen molar-refractivity contribution in [2.75, 3.05) is 0 Å². The zero-order chi connectivity index (χ0) is 16.6. The number of ketones is 1. The van der Waals surface area contributed by atoms with Crippen LogP contribution in [0.25, 0.3) is 0 Å². The first kappa shape index (κ1) is 16.4. The summed E-state index contributed by atoms with van der Waals surface area (Å²) in [7, 11) is 0. The first-order chi connectivity index (χ1) is 10.8. The highest BCUT2D eigenvalue weighted by Crippen LogP contribution is 2.32. The Bertz CT molecular complexity index is 587. The van der Waals surface area contributed by atoms with Gasteiger partial charge in [0.1, 0.15) is 11.6 Å². The molecule has 2 aliphatic heterocycles. The third-order valence-corrected chi connectivity index (χ3v) is 4.92. The van der Waals surface area contributed by atoms with Crippen LogP contribution >= 0.6 is 0 Å². The van der Waals surface area contributed by atoms with Crippen LogP contribution in [0.3, 0.4) is 0 Å². The van der Waals surface area contributed by atoms with E-state index in [-0.39, 0.29) is 23.7 Å². The van der Waals surface area contributed by atoms with Gasteiger partial charge in [-0.25, -0.2) is 4.39 Å². The van der Waals surface area contributed by atoms with E-state index < -0.39 is 17.6 Å². The number of nitrogens with one attached hydrogen (secondary N) is 1. The Labute approximate surface area is 132 Å². The summed E-state index contributed by atoms with van der Waals surface area (Å²) in [6.45, 7) is 0. The van der Waals surface area contributed by atoms with E-state index in [4.69, 9.17) is 0 Å². The summed E-state index contributed by atoms with van der Waals surface area (Å²) in [4.78, 5) is 12.4. The van der Waals surface area contributed by atoms with E-state index in [0.717, 1.165) is 44.2 Å². The molecule has 1 aromatic rings. The predicted octanol–water partition coefficient (Wildman–Crippen LogP) is 3.88. The minimum atomic E-state index is -4.57. The van der Waals surface area contributed by atoms with E-state index >= 15 is 0 Å². The van der Waals surface area contributed by atoms with Gasteiger partial charge in [0.25, 0.3) is 0 Å². The second-order valence-corrected chi connectivity index (χ2v) is 6.61. The van der Waals surface area contributed by atoms with Crippen molar-refractivity contribution in [1.29, 1.82) is 0 Å². The third-order valence-electron chi connectivity index (χ3n) is 4.92. The van der Waals surface area contributed by atoms with Gasteiger partial charge in [-0.05, 0) is 43.4 Å². The molecule has 23 heavy (non-hydrogen) atoms. The summed E-state index contributed by atoms with van der Waals surface area (Å²) >= 11 is 0. The molecule has 2 bridgehead atoms. The molecule has 2 fully saturated rings. The fraction of sp³-hybridized carbons (Fsp3) is 0.588. The number of rotatable bonds is 3. The molecule has 0 aromatic heterocycles. The van der Waals surface area contributed by atoms with E-state index in [9.17, 15) is 22.4 Å². The number of Topliss-reactive ketones (excluding diaryl/α,β-unsaturated/α-hetero) is 1. The molecule has 0 spiro atoms. The Hall–Kier alpha value is -1.43. The SMILES string of the molecule is O=C(Cc1ccc(C(F)(F)F)cc1F)C1CC2CCCC(C1)N2. The Morgan fingerprint density at radius 1 is 1.17 bits per heavy atom. The summed E-state index contributed by atoms with van der Waals surface area (Å²) in [5.41, 5.74) is -0.978. The average Bonchev–Trinajstić information content (AvgIpc) is 2.47. The Morgan fingerprint density at radius 3 is 2.39 bits per heavy atom. The standard InChI is InChI=1S/C17H19F4NO/c18-15-9-12(17(19,20)21)5-4-10(15)8-16(23)11-6-13-2-1-3-14(7-11)22-13/h4-5,9,11,13-14,22H,1-3,6-8H2. The highest BCUT2D eigenvalue weighted by Gasteiger charge is 2.35. The molecule has 0 radical (unpaired) electrons. The third kappa shape index (κ3) is 3.74. The number of carbonyl (C=O) groups excluding carboxylic acids is 1. The summed E-state index contributed by atoms with van der Waals surface area (Å²) in [5.74, 6) is -1.14. The molecule has 2 saturated heterocycles. The van der Waals surface area contributed by atoms with Crippen LogP contribution in [0.5, 0.6) is 0 Å². The maximum atomic E-state index is 13.9. The zero-order valence-corrected chi connectivity index (χ0v) is 12.6. The second kappa shape index (κ2) is 6.23. The summed E-state index contributed by atoms with van der Waals surface area (Å²) in [5, 5.41) is 3.49. The largest absolute Gasteiger partial charge is 0.416 e. The Kier molecular flexibility index (Phi) is 4.45. The summed E-state index contributed by atoms with van der Waals surface area (Å²) in [6.07, 6.45) is 0.0553. The lowest BCUT2D eigenvalue weighted by Crippen LogP contribution is -2.50. The highest BCUT2D eigenvalue weighted by atomic mass is 19.4. The molecule has 2 unspecified atom stereocenters. The summed E-state index contributed by atoms with van der Waals surface area (Å²) in [6, 6.07) is 3.07. The van der Waals surface area contributed by atoms with Crippen molar-refractivity contribution in [3.8, 4) is 0 Å². The molecule has 0 aliphatic carbocycles. The van der Waals surface area contributed by atoms with Crippen LogP contribution in [0, 0.1) is 11.7 Å². The lowest BCUT2D eigenvalue weighted by Gasteiger charge is -2.39. The minimum absolute atomic E-state index is 0.0479. The molecule has 6 heteroatoms. The zero-order valence-electron chi connectivity index (χ0n) is 12.6. The van der Waals surface area contributed by atoms with Crippen LogP contribution < -0.4 is 5.32 Å². The number of hydrogen-bond acceptors (Lipinski definition) is 2. The van der Waals surface area contributed by atoms with Gasteiger partial charge in [-0.1, -0.05) is 12.5 Å². The van der Waals surface area contributed by atoms with E-state index in [1.54, 1.807) is 0 Å². The highest BCUT2D eigenvalue weighted by molar-refractivity contribution is 5.83. The van der Waals surface area contributed by atoms with Gasteiger partial charge in [0.2, 0.25) is 0 Å². The topological polar surface area (TPSA) is 29.1 Å². The van der Waals surface area contributed by atoms with Crippen LogP contribution in [0.1, 0.15) is 43.2 Å². The molecule has 2 nitrogen and oxygen atoms in total. The number of alkyl halides is 3. The second-order valence-electron chi connectivity index (χ2n) is 6.61. The van der Waals surface area contributed by atoms with Crippen molar-refractivity contribution >= 4 is 5.78 Å². The van der Waals surface area contributed by atoms with Gasteiger partial charge >= 0.3 is 6.18 Å². The van der Waals surface area contributed by atoms with Gasteiger partial charge in [0, 0.05) is 24.4 Å². The maximum Gasteiger partial charge on any atom is 0.416 e. The predicted molar refractivity (Wildman–Crippen MR) is 77.4 cm³/mol. The molecular weight excluding hydrogens is 310 g/mol. The van der Waals surface area contributed by atoms with Gasteiger partial charge < -0.3 is 5.32 Å².